The lowest BCUT2D eigenvalue weighted by molar-refractivity contribution is 0.175. The second-order valence-corrected chi connectivity index (χ2v) is 7.65. The molecule has 1 aromatic rings. The highest BCUT2D eigenvalue weighted by atomic mass is 16.5. The van der Waals surface area contributed by atoms with Crippen molar-refractivity contribution in [1.29, 1.82) is 0 Å². The van der Waals surface area contributed by atoms with Gasteiger partial charge in [0.1, 0.15) is 5.75 Å². The van der Waals surface area contributed by atoms with Crippen LogP contribution in [0, 0.1) is 18.3 Å². The van der Waals surface area contributed by atoms with Gasteiger partial charge in [-0.2, -0.15) is 0 Å². The van der Waals surface area contributed by atoms with Gasteiger partial charge in [0.05, 0.1) is 6.61 Å². The van der Waals surface area contributed by atoms with E-state index in [1.807, 2.05) is 0 Å². The Kier molecular flexibility index (Phi) is 6.73. The number of rotatable bonds is 8. The minimum absolute atomic E-state index is 0.138. The summed E-state index contributed by atoms with van der Waals surface area (Å²) in [6.45, 7) is 18.4. The number of ether oxygens (including phenoxy) is 1. The third-order valence-electron chi connectivity index (χ3n) is 3.65. The van der Waals surface area contributed by atoms with Crippen molar-refractivity contribution in [3.63, 3.8) is 0 Å². The Balaban J connectivity index is 2.52. The van der Waals surface area contributed by atoms with E-state index in [2.05, 4.69) is 72.0 Å². The molecule has 0 saturated carbocycles. The fraction of sp³-hybridized carbons (Fsp3) is 0.684. The lowest BCUT2D eigenvalue weighted by atomic mass is 9.94. The smallest absolute Gasteiger partial charge is 0.119 e. The van der Waals surface area contributed by atoms with E-state index >= 15 is 0 Å². The van der Waals surface area contributed by atoms with Crippen LogP contribution < -0.4 is 10.1 Å². The normalized spacial score (nSPS) is 12.2. The van der Waals surface area contributed by atoms with Crippen LogP contribution in [0.1, 0.15) is 58.6 Å². The molecule has 0 saturated heterocycles. The van der Waals surface area contributed by atoms with E-state index in [-0.39, 0.29) is 5.41 Å². The molecule has 0 heterocycles. The van der Waals surface area contributed by atoms with E-state index in [0.29, 0.717) is 11.8 Å². The first-order valence-electron chi connectivity index (χ1n) is 8.15. The zero-order valence-corrected chi connectivity index (χ0v) is 14.9. The molecule has 0 spiro atoms. The van der Waals surface area contributed by atoms with Crippen molar-refractivity contribution in [1.82, 2.24) is 5.32 Å². The molecular weight excluding hydrogens is 258 g/mol. The SMILES string of the molecule is Cc1cc(OCC(C)(C)CNCC(C)C)ccc1C(C)C. The van der Waals surface area contributed by atoms with Crippen LogP contribution in [0.3, 0.4) is 0 Å². The summed E-state index contributed by atoms with van der Waals surface area (Å²) < 4.78 is 6.00. The summed E-state index contributed by atoms with van der Waals surface area (Å²) in [5, 5.41) is 3.52. The van der Waals surface area contributed by atoms with Crippen molar-refractivity contribution in [2.24, 2.45) is 11.3 Å². The number of hydrogen-bond acceptors (Lipinski definition) is 2. The van der Waals surface area contributed by atoms with Crippen LogP contribution >= 0.6 is 0 Å². The molecule has 2 nitrogen and oxygen atoms in total. The van der Waals surface area contributed by atoms with Crippen molar-refractivity contribution in [3.05, 3.63) is 29.3 Å². The highest BCUT2D eigenvalue weighted by Crippen LogP contribution is 2.25. The lowest BCUT2D eigenvalue weighted by Crippen LogP contribution is -2.35. The first-order chi connectivity index (χ1) is 9.71. The average Bonchev–Trinajstić information content (AvgIpc) is 2.35. The van der Waals surface area contributed by atoms with Gasteiger partial charge in [0, 0.05) is 12.0 Å². The highest BCUT2D eigenvalue weighted by Gasteiger charge is 2.19. The molecule has 0 unspecified atom stereocenters. The molecule has 1 rings (SSSR count). The molecule has 120 valence electrons. The fourth-order valence-electron chi connectivity index (χ4n) is 2.41. The first-order valence-corrected chi connectivity index (χ1v) is 8.15. The zero-order valence-electron chi connectivity index (χ0n) is 14.9. The molecule has 0 aliphatic rings. The third-order valence-corrected chi connectivity index (χ3v) is 3.65. The van der Waals surface area contributed by atoms with Gasteiger partial charge in [-0.1, -0.05) is 47.6 Å². The summed E-state index contributed by atoms with van der Waals surface area (Å²) in [5.41, 5.74) is 2.86. The summed E-state index contributed by atoms with van der Waals surface area (Å²) in [6.07, 6.45) is 0. The minimum Gasteiger partial charge on any atom is -0.493 e. The second kappa shape index (κ2) is 7.84. The molecule has 1 N–H and O–H groups in total. The van der Waals surface area contributed by atoms with Crippen molar-refractivity contribution < 1.29 is 4.74 Å². The van der Waals surface area contributed by atoms with E-state index in [9.17, 15) is 0 Å². The van der Waals surface area contributed by atoms with Crippen LogP contribution in [0.15, 0.2) is 18.2 Å². The predicted molar refractivity (Wildman–Crippen MR) is 92.3 cm³/mol. The maximum absolute atomic E-state index is 6.00. The Morgan fingerprint density at radius 3 is 2.33 bits per heavy atom. The molecule has 0 amide bonds. The molecular formula is C19H33NO. The van der Waals surface area contributed by atoms with Crippen molar-refractivity contribution in [2.45, 2.75) is 54.4 Å². The van der Waals surface area contributed by atoms with E-state index in [1.165, 1.54) is 11.1 Å². The zero-order chi connectivity index (χ0) is 16.0. The van der Waals surface area contributed by atoms with Gasteiger partial charge < -0.3 is 10.1 Å². The highest BCUT2D eigenvalue weighted by molar-refractivity contribution is 5.36. The maximum atomic E-state index is 6.00. The van der Waals surface area contributed by atoms with Crippen LogP contribution in [0.25, 0.3) is 0 Å². The van der Waals surface area contributed by atoms with E-state index in [0.717, 1.165) is 25.4 Å². The van der Waals surface area contributed by atoms with Crippen molar-refractivity contribution in [2.75, 3.05) is 19.7 Å². The number of nitrogens with one attached hydrogen (secondary N) is 1. The number of aryl methyl sites for hydroxylation is 1. The first kappa shape index (κ1) is 18.0. The average molecular weight is 291 g/mol. The van der Waals surface area contributed by atoms with Crippen LogP contribution in [-0.2, 0) is 0 Å². The molecule has 21 heavy (non-hydrogen) atoms. The lowest BCUT2D eigenvalue weighted by Gasteiger charge is -2.26. The van der Waals surface area contributed by atoms with Crippen LogP contribution in [0.4, 0.5) is 0 Å². The molecule has 0 fully saturated rings. The summed E-state index contributed by atoms with van der Waals surface area (Å²) in [5.74, 6) is 2.23. The molecule has 2 heteroatoms. The van der Waals surface area contributed by atoms with Gasteiger partial charge in [-0.05, 0) is 48.6 Å². The van der Waals surface area contributed by atoms with E-state index in [1.54, 1.807) is 0 Å². The minimum atomic E-state index is 0.138. The van der Waals surface area contributed by atoms with Crippen molar-refractivity contribution >= 4 is 0 Å². The largest absolute Gasteiger partial charge is 0.493 e. The monoisotopic (exact) mass is 291 g/mol. The topological polar surface area (TPSA) is 21.3 Å². The summed E-state index contributed by atoms with van der Waals surface area (Å²) >= 11 is 0. The summed E-state index contributed by atoms with van der Waals surface area (Å²) in [6, 6.07) is 6.45. The van der Waals surface area contributed by atoms with Gasteiger partial charge in [-0.25, -0.2) is 0 Å². The molecule has 0 atom stereocenters. The molecule has 1 aromatic carbocycles. The van der Waals surface area contributed by atoms with Crippen LogP contribution in [-0.4, -0.2) is 19.7 Å². The quantitative estimate of drug-likeness (QED) is 0.745. The Hall–Kier alpha value is -1.02. The third kappa shape index (κ3) is 6.52. The maximum Gasteiger partial charge on any atom is 0.119 e. The number of benzene rings is 1. The second-order valence-electron chi connectivity index (χ2n) is 7.65. The Morgan fingerprint density at radius 2 is 1.81 bits per heavy atom. The van der Waals surface area contributed by atoms with Gasteiger partial charge in [-0.15, -0.1) is 0 Å². The Morgan fingerprint density at radius 1 is 1.14 bits per heavy atom. The van der Waals surface area contributed by atoms with Gasteiger partial charge in [0.15, 0.2) is 0 Å². The summed E-state index contributed by atoms with van der Waals surface area (Å²) in [4.78, 5) is 0. The van der Waals surface area contributed by atoms with Crippen molar-refractivity contribution in [3.8, 4) is 5.75 Å². The molecule has 0 bridgehead atoms. The summed E-state index contributed by atoms with van der Waals surface area (Å²) in [7, 11) is 0. The fourth-order valence-corrected chi connectivity index (χ4v) is 2.41. The Bertz CT molecular complexity index is 435. The molecule has 0 aliphatic heterocycles. The van der Waals surface area contributed by atoms with Gasteiger partial charge in [0.2, 0.25) is 0 Å². The van der Waals surface area contributed by atoms with Gasteiger partial charge in [0.25, 0.3) is 0 Å². The van der Waals surface area contributed by atoms with Gasteiger partial charge in [-0.3, -0.25) is 0 Å². The standard InChI is InChI=1S/C19H33NO/c1-14(2)11-20-12-19(6,7)13-21-17-8-9-18(15(3)4)16(5)10-17/h8-10,14-15,20H,11-13H2,1-7H3. The van der Waals surface area contributed by atoms with Gasteiger partial charge >= 0.3 is 0 Å². The molecule has 0 radical (unpaired) electrons. The van der Waals surface area contributed by atoms with E-state index in [4.69, 9.17) is 4.74 Å². The predicted octanol–water partition coefficient (Wildman–Crippen LogP) is 4.77. The van der Waals surface area contributed by atoms with Crippen LogP contribution in [0.2, 0.25) is 0 Å². The molecule has 0 aromatic heterocycles. The Labute approximate surface area is 131 Å². The molecule has 0 aliphatic carbocycles. The van der Waals surface area contributed by atoms with E-state index < -0.39 is 0 Å². The van der Waals surface area contributed by atoms with Crippen LogP contribution in [0.5, 0.6) is 5.75 Å². The number of hydrogen-bond donors (Lipinski definition) is 1.